The lowest BCUT2D eigenvalue weighted by Gasteiger charge is -1.90. The van der Waals surface area contributed by atoms with Crippen molar-refractivity contribution in [2.75, 3.05) is 0 Å². The first-order chi connectivity index (χ1) is 4.79. The standard InChI is InChI=1S/C7H8N2O/c1-5-8-7-6(9(5)2)3-4-10-7/h3-4H,1-2H3. The van der Waals surface area contributed by atoms with E-state index in [1.165, 1.54) is 0 Å². The molecule has 0 saturated carbocycles. The number of aromatic nitrogens is 2. The van der Waals surface area contributed by atoms with Crippen LogP contribution in [0.3, 0.4) is 0 Å². The SMILES string of the molecule is Cc1nc2occc2n1C. The van der Waals surface area contributed by atoms with Crippen molar-refractivity contribution in [2.45, 2.75) is 6.92 Å². The van der Waals surface area contributed by atoms with E-state index in [2.05, 4.69) is 4.98 Å². The first-order valence-corrected chi connectivity index (χ1v) is 3.15. The minimum Gasteiger partial charge on any atom is -0.445 e. The predicted molar refractivity (Wildman–Crippen MR) is 37.7 cm³/mol. The van der Waals surface area contributed by atoms with E-state index in [4.69, 9.17) is 4.42 Å². The average Bonchev–Trinajstić information content (AvgIpc) is 2.41. The van der Waals surface area contributed by atoms with Crippen molar-refractivity contribution >= 4 is 11.2 Å². The molecule has 3 heteroatoms. The van der Waals surface area contributed by atoms with Crippen LogP contribution in [0.2, 0.25) is 0 Å². The zero-order chi connectivity index (χ0) is 7.14. The van der Waals surface area contributed by atoms with Crippen molar-refractivity contribution < 1.29 is 4.42 Å². The van der Waals surface area contributed by atoms with Gasteiger partial charge in [-0.1, -0.05) is 0 Å². The lowest BCUT2D eigenvalue weighted by Crippen LogP contribution is -1.89. The molecule has 0 unspecified atom stereocenters. The lowest BCUT2D eigenvalue weighted by atomic mass is 10.5. The summed E-state index contributed by atoms with van der Waals surface area (Å²) in [6.45, 7) is 1.95. The summed E-state index contributed by atoms with van der Waals surface area (Å²) in [5.41, 5.74) is 1.78. The third-order valence-corrected chi connectivity index (χ3v) is 1.73. The van der Waals surface area contributed by atoms with E-state index in [1.807, 2.05) is 24.6 Å². The highest BCUT2D eigenvalue weighted by molar-refractivity contribution is 5.69. The van der Waals surface area contributed by atoms with Crippen LogP contribution >= 0.6 is 0 Å². The van der Waals surface area contributed by atoms with Gasteiger partial charge in [0.15, 0.2) is 0 Å². The summed E-state index contributed by atoms with van der Waals surface area (Å²) in [5, 5.41) is 0. The molecule has 0 bridgehead atoms. The van der Waals surface area contributed by atoms with Gasteiger partial charge in [0.25, 0.3) is 0 Å². The average molecular weight is 136 g/mol. The number of hydrogen-bond acceptors (Lipinski definition) is 2. The fourth-order valence-electron chi connectivity index (χ4n) is 1.03. The van der Waals surface area contributed by atoms with Crippen LogP contribution in [0.1, 0.15) is 5.82 Å². The number of hydrogen-bond donors (Lipinski definition) is 0. The van der Waals surface area contributed by atoms with Gasteiger partial charge in [-0.25, -0.2) is 0 Å². The Kier molecular flexibility index (Phi) is 0.897. The maximum absolute atomic E-state index is 5.09. The molecule has 0 radical (unpaired) electrons. The molecular weight excluding hydrogens is 128 g/mol. The molecule has 0 aliphatic rings. The molecule has 3 nitrogen and oxygen atoms in total. The first kappa shape index (κ1) is 5.53. The summed E-state index contributed by atoms with van der Waals surface area (Å²) in [6.07, 6.45) is 1.65. The fourth-order valence-corrected chi connectivity index (χ4v) is 1.03. The molecule has 0 atom stereocenters. The third-order valence-electron chi connectivity index (χ3n) is 1.73. The van der Waals surface area contributed by atoms with Gasteiger partial charge in [0.2, 0.25) is 5.71 Å². The molecule has 0 amide bonds. The van der Waals surface area contributed by atoms with Crippen molar-refractivity contribution in [2.24, 2.45) is 7.05 Å². The summed E-state index contributed by atoms with van der Waals surface area (Å²) < 4.78 is 7.09. The molecule has 10 heavy (non-hydrogen) atoms. The van der Waals surface area contributed by atoms with Crippen LogP contribution in [0, 0.1) is 6.92 Å². The van der Waals surface area contributed by atoms with Gasteiger partial charge in [-0.2, -0.15) is 4.98 Å². The van der Waals surface area contributed by atoms with Gasteiger partial charge in [-0.3, -0.25) is 0 Å². The second-order valence-electron chi connectivity index (χ2n) is 2.33. The molecule has 52 valence electrons. The van der Waals surface area contributed by atoms with Crippen molar-refractivity contribution in [1.29, 1.82) is 0 Å². The summed E-state index contributed by atoms with van der Waals surface area (Å²) in [4.78, 5) is 4.17. The predicted octanol–water partition coefficient (Wildman–Crippen LogP) is 1.47. The second kappa shape index (κ2) is 1.62. The second-order valence-corrected chi connectivity index (χ2v) is 2.33. The Hall–Kier alpha value is -1.25. The Balaban J connectivity index is 2.95. The monoisotopic (exact) mass is 136 g/mol. The van der Waals surface area contributed by atoms with E-state index in [9.17, 15) is 0 Å². The Bertz CT molecular complexity index is 358. The fraction of sp³-hybridized carbons (Fsp3) is 0.286. The lowest BCUT2D eigenvalue weighted by molar-refractivity contribution is 0.603. The summed E-state index contributed by atoms with van der Waals surface area (Å²) >= 11 is 0. The maximum atomic E-state index is 5.09. The van der Waals surface area contributed by atoms with E-state index in [-0.39, 0.29) is 0 Å². The van der Waals surface area contributed by atoms with Gasteiger partial charge in [0, 0.05) is 13.1 Å². The number of fused-ring (bicyclic) bond motifs is 1. The van der Waals surface area contributed by atoms with Crippen molar-refractivity contribution in [3.05, 3.63) is 18.2 Å². The van der Waals surface area contributed by atoms with Crippen molar-refractivity contribution in [1.82, 2.24) is 9.55 Å². The summed E-state index contributed by atoms with van der Waals surface area (Å²) in [6, 6.07) is 1.91. The first-order valence-electron chi connectivity index (χ1n) is 3.15. The molecule has 2 aromatic rings. The van der Waals surface area contributed by atoms with E-state index in [0.717, 1.165) is 17.1 Å². The maximum Gasteiger partial charge on any atom is 0.244 e. The quantitative estimate of drug-likeness (QED) is 0.549. The molecule has 0 saturated heterocycles. The smallest absolute Gasteiger partial charge is 0.244 e. The molecule has 0 N–H and O–H groups in total. The van der Waals surface area contributed by atoms with Gasteiger partial charge in [-0.05, 0) is 6.92 Å². The minimum absolute atomic E-state index is 0.722. The number of aryl methyl sites for hydroxylation is 2. The highest BCUT2D eigenvalue weighted by Gasteiger charge is 2.04. The van der Waals surface area contributed by atoms with E-state index >= 15 is 0 Å². The van der Waals surface area contributed by atoms with Crippen LogP contribution in [-0.4, -0.2) is 9.55 Å². The van der Waals surface area contributed by atoms with Gasteiger partial charge in [-0.15, -0.1) is 0 Å². The van der Waals surface area contributed by atoms with Crippen molar-refractivity contribution in [3.63, 3.8) is 0 Å². The molecule has 0 aliphatic heterocycles. The molecule has 0 aliphatic carbocycles. The molecule has 0 spiro atoms. The number of rotatable bonds is 0. The number of nitrogens with zero attached hydrogens (tertiary/aromatic N) is 2. The molecule has 2 rings (SSSR count). The van der Waals surface area contributed by atoms with Crippen LogP contribution < -0.4 is 0 Å². The van der Waals surface area contributed by atoms with Gasteiger partial charge in [0.05, 0.1) is 6.26 Å². The molecule has 2 aromatic heterocycles. The molecule has 2 heterocycles. The van der Waals surface area contributed by atoms with Gasteiger partial charge < -0.3 is 8.98 Å². The van der Waals surface area contributed by atoms with E-state index < -0.39 is 0 Å². The Labute approximate surface area is 58.3 Å². The van der Waals surface area contributed by atoms with E-state index in [1.54, 1.807) is 6.26 Å². The largest absolute Gasteiger partial charge is 0.445 e. The zero-order valence-corrected chi connectivity index (χ0v) is 5.96. The topological polar surface area (TPSA) is 31.0 Å². The third kappa shape index (κ3) is 0.518. The van der Waals surface area contributed by atoms with Gasteiger partial charge in [0.1, 0.15) is 11.3 Å². The van der Waals surface area contributed by atoms with Crippen molar-refractivity contribution in [3.8, 4) is 0 Å². The zero-order valence-electron chi connectivity index (χ0n) is 5.96. The Morgan fingerprint density at radius 2 is 2.40 bits per heavy atom. The van der Waals surface area contributed by atoms with Crippen LogP contribution in [0.5, 0.6) is 0 Å². The van der Waals surface area contributed by atoms with Crippen LogP contribution in [0.4, 0.5) is 0 Å². The van der Waals surface area contributed by atoms with E-state index in [0.29, 0.717) is 0 Å². The van der Waals surface area contributed by atoms with Crippen LogP contribution in [-0.2, 0) is 7.05 Å². The van der Waals surface area contributed by atoms with Crippen LogP contribution in [0.25, 0.3) is 11.2 Å². The molecular formula is C7H8N2O. The number of imidazole rings is 1. The summed E-state index contributed by atoms with van der Waals surface area (Å²) in [7, 11) is 1.97. The Morgan fingerprint density at radius 1 is 1.60 bits per heavy atom. The number of furan rings is 1. The highest BCUT2D eigenvalue weighted by Crippen LogP contribution is 2.14. The highest BCUT2D eigenvalue weighted by atomic mass is 16.3. The Morgan fingerprint density at radius 3 is 3.10 bits per heavy atom. The molecule has 0 fully saturated rings. The minimum atomic E-state index is 0.722. The normalized spacial score (nSPS) is 11.0. The van der Waals surface area contributed by atoms with Crippen LogP contribution in [0.15, 0.2) is 16.7 Å². The summed E-state index contributed by atoms with van der Waals surface area (Å²) in [5.74, 6) is 0.981. The van der Waals surface area contributed by atoms with Gasteiger partial charge >= 0.3 is 0 Å². The molecule has 0 aromatic carbocycles.